The summed E-state index contributed by atoms with van der Waals surface area (Å²) in [4.78, 5) is 0. The maximum Gasteiger partial charge on any atom is 0.122 e. The molecule has 0 aliphatic heterocycles. The number of rotatable bonds is 26. The molecule has 0 aliphatic rings. The van der Waals surface area contributed by atoms with E-state index in [4.69, 9.17) is 0 Å². The summed E-state index contributed by atoms with van der Waals surface area (Å²) in [7, 11) is 0. The number of benzene rings is 1. The second-order valence-corrected chi connectivity index (χ2v) is 13.3. The van der Waals surface area contributed by atoms with E-state index in [0.717, 1.165) is 16.9 Å². The Morgan fingerprint density at radius 2 is 1.06 bits per heavy atom. The Balaban J connectivity index is 2.20. The third-order valence-electron chi connectivity index (χ3n) is 7.34. The van der Waals surface area contributed by atoms with Crippen molar-refractivity contribution in [3.05, 3.63) is 29.3 Å². The van der Waals surface area contributed by atoms with Gasteiger partial charge in [0.1, 0.15) is 5.75 Å². The molecule has 0 amide bonds. The summed E-state index contributed by atoms with van der Waals surface area (Å²) in [5.74, 6) is 4.13. The molecule has 1 atom stereocenters. The minimum Gasteiger partial charge on any atom is -0.507 e. The quantitative estimate of drug-likeness (QED) is 0.119. The molecule has 0 aromatic heterocycles. The van der Waals surface area contributed by atoms with Gasteiger partial charge in [-0.15, -0.1) is 0 Å². The van der Waals surface area contributed by atoms with E-state index in [1.807, 2.05) is 13.0 Å². The summed E-state index contributed by atoms with van der Waals surface area (Å²) < 4.78 is 0. The molecule has 0 fully saturated rings. The zero-order chi connectivity index (χ0) is 26.1. The number of aromatic hydroxyl groups is 1. The van der Waals surface area contributed by atoms with E-state index < -0.39 is 0 Å². The highest BCUT2D eigenvalue weighted by atomic mass is 32.2. The number of para-hydroxylation sites is 1. The second-order valence-electron chi connectivity index (χ2n) is 10.8. The fourth-order valence-corrected chi connectivity index (χ4v) is 7.53. The molecule has 36 heavy (non-hydrogen) atoms. The number of aryl methyl sites for hydroxylation is 1. The van der Waals surface area contributed by atoms with Crippen LogP contribution in [0.3, 0.4) is 0 Å². The second kappa shape index (κ2) is 25.0. The van der Waals surface area contributed by atoms with Crippen LogP contribution in [0.1, 0.15) is 159 Å². The molecule has 0 heterocycles. The largest absolute Gasteiger partial charge is 0.507 e. The Morgan fingerprint density at radius 1 is 0.611 bits per heavy atom. The predicted octanol–water partition coefficient (Wildman–Crippen LogP) is 12.0. The third-order valence-corrected chi connectivity index (χ3v) is 10.0. The molecule has 1 aromatic carbocycles. The van der Waals surface area contributed by atoms with Crippen LogP contribution in [0, 0.1) is 6.92 Å². The van der Waals surface area contributed by atoms with Gasteiger partial charge in [-0.1, -0.05) is 148 Å². The summed E-state index contributed by atoms with van der Waals surface area (Å²) in [5.41, 5.74) is 2.17. The molecule has 1 unspecified atom stereocenters. The van der Waals surface area contributed by atoms with E-state index in [2.05, 4.69) is 49.5 Å². The number of unbranched alkanes of at least 4 members (excludes halogenated alkanes) is 18. The fourth-order valence-electron chi connectivity index (χ4n) is 4.87. The van der Waals surface area contributed by atoms with E-state index in [1.54, 1.807) is 0 Å². The third kappa shape index (κ3) is 18.1. The zero-order valence-corrected chi connectivity index (χ0v) is 26.0. The molecule has 0 spiro atoms. The van der Waals surface area contributed by atoms with Crippen molar-refractivity contribution in [1.29, 1.82) is 0 Å². The fraction of sp³-hybridized carbons (Fsp3) is 0.818. The van der Waals surface area contributed by atoms with Gasteiger partial charge < -0.3 is 5.11 Å². The van der Waals surface area contributed by atoms with E-state index in [9.17, 15) is 5.11 Å². The van der Waals surface area contributed by atoms with Crippen molar-refractivity contribution in [3.63, 3.8) is 0 Å². The molecular formula is C33H60OS2. The monoisotopic (exact) mass is 536 g/mol. The van der Waals surface area contributed by atoms with Crippen LogP contribution < -0.4 is 0 Å². The summed E-state index contributed by atoms with van der Waals surface area (Å²) >= 11 is 4.18. The van der Waals surface area contributed by atoms with Crippen molar-refractivity contribution in [2.75, 3.05) is 17.3 Å². The standard InChI is InChI=1S/C33H60OS2/c1-4-6-8-10-12-14-16-18-20-22-27-35-29-32(31-26-24-25-30(3)33(31)34)36-28-23-21-19-17-15-13-11-9-7-5-2/h24-26,32,34H,4-23,27-29H2,1-3H3. The number of phenols is 1. The molecule has 210 valence electrons. The van der Waals surface area contributed by atoms with Gasteiger partial charge in [0.2, 0.25) is 0 Å². The molecular weight excluding hydrogens is 476 g/mol. The first-order chi connectivity index (χ1) is 17.7. The Labute approximate surface area is 234 Å². The average Bonchev–Trinajstić information content (AvgIpc) is 2.88. The van der Waals surface area contributed by atoms with Crippen molar-refractivity contribution in [2.24, 2.45) is 0 Å². The zero-order valence-electron chi connectivity index (χ0n) is 24.3. The molecule has 0 saturated heterocycles. The minimum atomic E-state index is 0.414. The van der Waals surface area contributed by atoms with Crippen LogP contribution in [0.2, 0.25) is 0 Å². The summed E-state index contributed by atoms with van der Waals surface area (Å²) in [6.07, 6.45) is 28.0. The maximum atomic E-state index is 10.7. The van der Waals surface area contributed by atoms with Crippen molar-refractivity contribution in [1.82, 2.24) is 0 Å². The first-order valence-electron chi connectivity index (χ1n) is 15.7. The highest BCUT2D eigenvalue weighted by Crippen LogP contribution is 2.39. The lowest BCUT2D eigenvalue weighted by molar-refractivity contribution is 0.464. The van der Waals surface area contributed by atoms with Crippen LogP contribution in [0.5, 0.6) is 5.75 Å². The van der Waals surface area contributed by atoms with E-state index in [0.29, 0.717) is 11.0 Å². The van der Waals surface area contributed by atoms with Crippen LogP contribution >= 0.6 is 23.5 Å². The van der Waals surface area contributed by atoms with Gasteiger partial charge in [-0.3, -0.25) is 0 Å². The lowest BCUT2D eigenvalue weighted by Gasteiger charge is -2.19. The topological polar surface area (TPSA) is 20.2 Å². The Bertz CT molecular complexity index is 603. The maximum absolute atomic E-state index is 10.7. The Morgan fingerprint density at radius 3 is 1.56 bits per heavy atom. The van der Waals surface area contributed by atoms with Gasteiger partial charge >= 0.3 is 0 Å². The van der Waals surface area contributed by atoms with Crippen LogP contribution in [-0.4, -0.2) is 22.4 Å². The van der Waals surface area contributed by atoms with Crippen LogP contribution in [0.4, 0.5) is 0 Å². The summed E-state index contributed by atoms with van der Waals surface area (Å²) in [6.45, 7) is 6.61. The molecule has 0 bridgehead atoms. The van der Waals surface area contributed by atoms with Crippen molar-refractivity contribution in [2.45, 2.75) is 154 Å². The highest BCUT2D eigenvalue weighted by molar-refractivity contribution is 8.03. The van der Waals surface area contributed by atoms with Crippen LogP contribution in [0.25, 0.3) is 0 Å². The Hall–Kier alpha value is -0.280. The SMILES string of the molecule is CCCCCCCCCCCCSCC(SCCCCCCCCCCCC)c1cccc(C)c1O. The minimum absolute atomic E-state index is 0.414. The van der Waals surface area contributed by atoms with Crippen LogP contribution in [-0.2, 0) is 0 Å². The molecule has 1 rings (SSSR count). The Kier molecular flexibility index (Phi) is 23.5. The average molecular weight is 537 g/mol. The van der Waals surface area contributed by atoms with Gasteiger partial charge in [0, 0.05) is 16.6 Å². The normalized spacial score (nSPS) is 12.3. The molecule has 3 heteroatoms. The first-order valence-corrected chi connectivity index (χ1v) is 17.9. The smallest absolute Gasteiger partial charge is 0.122 e. The van der Waals surface area contributed by atoms with Gasteiger partial charge in [0.15, 0.2) is 0 Å². The molecule has 1 aromatic rings. The van der Waals surface area contributed by atoms with E-state index in [1.165, 1.54) is 140 Å². The van der Waals surface area contributed by atoms with Crippen LogP contribution in [0.15, 0.2) is 18.2 Å². The van der Waals surface area contributed by atoms with Gasteiger partial charge in [0.05, 0.1) is 0 Å². The van der Waals surface area contributed by atoms with Gasteiger partial charge in [0.25, 0.3) is 0 Å². The molecule has 1 nitrogen and oxygen atoms in total. The lowest BCUT2D eigenvalue weighted by atomic mass is 10.1. The van der Waals surface area contributed by atoms with E-state index in [-0.39, 0.29) is 0 Å². The lowest BCUT2D eigenvalue weighted by Crippen LogP contribution is -2.01. The van der Waals surface area contributed by atoms with Crippen molar-refractivity contribution >= 4 is 23.5 Å². The number of phenolic OH excluding ortho intramolecular Hbond substituents is 1. The number of thioether (sulfide) groups is 2. The van der Waals surface area contributed by atoms with Gasteiger partial charge in [-0.2, -0.15) is 23.5 Å². The van der Waals surface area contributed by atoms with Gasteiger partial charge in [-0.05, 0) is 36.8 Å². The number of hydrogen-bond donors (Lipinski definition) is 1. The highest BCUT2D eigenvalue weighted by Gasteiger charge is 2.17. The predicted molar refractivity (Wildman–Crippen MR) is 169 cm³/mol. The summed E-state index contributed by atoms with van der Waals surface area (Å²) in [6, 6.07) is 6.30. The summed E-state index contributed by atoms with van der Waals surface area (Å²) in [5, 5.41) is 11.1. The van der Waals surface area contributed by atoms with Crippen molar-refractivity contribution < 1.29 is 5.11 Å². The first kappa shape index (κ1) is 33.7. The molecule has 0 aliphatic carbocycles. The molecule has 0 saturated carbocycles. The molecule has 0 radical (unpaired) electrons. The number of hydrogen-bond acceptors (Lipinski definition) is 3. The van der Waals surface area contributed by atoms with Gasteiger partial charge in [-0.25, -0.2) is 0 Å². The molecule has 1 N–H and O–H groups in total. The van der Waals surface area contributed by atoms with E-state index >= 15 is 0 Å². The van der Waals surface area contributed by atoms with Crippen molar-refractivity contribution in [3.8, 4) is 5.75 Å².